The lowest BCUT2D eigenvalue weighted by Gasteiger charge is -2.55. The van der Waals surface area contributed by atoms with Gasteiger partial charge < -0.3 is 0 Å². The van der Waals surface area contributed by atoms with Crippen LogP contribution in [0, 0.1) is 0 Å². The molecule has 3 aromatic heterocycles. The van der Waals surface area contributed by atoms with Crippen molar-refractivity contribution in [2.24, 2.45) is 7.05 Å². The van der Waals surface area contributed by atoms with Gasteiger partial charge in [0.25, 0.3) is 0 Å². The molecule has 1 fully saturated rings. The standard InChI is InChI=1S/C21H29N7S.ClH/c1-20(2)10-7-11-21(3,4)28(20)27(6)19-25-24-18(29-19)17-9-8-15(12-22-17)16-13-23-26(5)14-16;/h8-9,12-14H,7,10-11H2,1-6H3;1H. The van der Waals surface area contributed by atoms with Crippen molar-refractivity contribution in [2.75, 3.05) is 12.1 Å². The molecule has 0 N–H and O–H groups in total. The normalized spacial score (nSPS) is 18.1. The van der Waals surface area contributed by atoms with Gasteiger partial charge in [-0.2, -0.15) is 5.10 Å². The molecule has 0 unspecified atom stereocenters. The van der Waals surface area contributed by atoms with E-state index in [1.54, 1.807) is 16.0 Å². The van der Waals surface area contributed by atoms with Gasteiger partial charge in [0, 0.05) is 48.7 Å². The van der Waals surface area contributed by atoms with Gasteiger partial charge in [-0.25, -0.2) is 5.01 Å². The summed E-state index contributed by atoms with van der Waals surface area (Å²) in [6.45, 7) is 9.24. The molecule has 1 aliphatic rings. The quantitative estimate of drug-likeness (QED) is 0.571. The van der Waals surface area contributed by atoms with Gasteiger partial charge in [-0.15, -0.1) is 22.6 Å². The first kappa shape index (κ1) is 22.7. The lowest BCUT2D eigenvalue weighted by molar-refractivity contribution is -0.0326. The molecule has 1 aliphatic heterocycles. The van der Waals surface area contributed by atoms with Crippen molar-refractivity contribution in [3.05, 3.63) is 30.7 Å². The minimum Gasteiger partial charge on any atom is -0.282 e. The fourth-order valence-corrected chi connectivity index (χ4v) is 5.37. The third-order valence-corrected chi connectivity index (χ3v) is 6.75. The molecular formula is C21H30ClN7S. The topological polar surface area (TPSA) is 63.0 Å². The van der Waals surface area contributed by atoms with Gasteiger partial charge in [0.15, 0.2) is 5.01 Å². The summed E-state index contributed by atoms with van der Waals surface area (Å²) in [5, 5.41) is 19.5. The predicted molar refractivity (Wildman–Crippen MR) is 125 cm³/mol. The van der Waals surface area contributed by atoms with E-state index in [1.807, 2.05) is 31.7 Å². The van der Waals surface area contributed by atoms with E-state index in [0.717, 1.165) is 27.0 Å². The Morgan fingerprint density at radius 1 is 1.00 bits per heavy atom. The molecule has 0 aliphatic carbocycles. The highest BCUT2D eigenvalue weighted by Crippen LogP contribution is 2.41. The molecule has 9 heteroatoms. The number of hydrogen-bond donors (Lipinski definition) is 0. The van der Waals surface area contributed by atoms with Crippen LogP contribution in [0.2, 0.25) is 0 Å². The van der Waals surface area contributed by atoms with Crippen LogP contribution in [0.5, 0.6) is 0 Å². The van der Waals surface area contributed by atoms with E-state index >= 15 is 0 Å². The maximum Gasteiger partial charge on any atom is 0.222 e. The predicted octanol–water partition coefficient (Wildman–Crippen LogP) is 4.82. The van der Waals surface area contributed by atoms with E-state index in [-0.39, 0.29) is 23.5 Å². The highest BCUT2D eigenvalue weighted by atomic mass is 35.5. The molecule has 0 aromatic carbocycles. The maximum atomic E-state index is 4.62. The molecule has 4 rings (SSSR count). The van der Waals surface area contributed by atoms with E-state index in [2.05, 4.69) is 71.1 Å². The van der Waals surface area contributed by atoms with Gasteiger partial charge in [0.2, 0.25) is 5.13 Å². The van der Waals surface area contributed by atoms with Crippen molar-refractivity contribution in [3.8, 4) is 21.8 Å². The zero-order valence-corrected chi connectivity index (χ0v) is 20.1. The number of piperidine rings is 1. The van der Waals surface area contributed by atoms with E-state index in [9.17, 15) is 0 Å². The van der Waals surface area contributed by atoms with Gasteiger partial charge in [0.1, 0.15) is 5.69 Å². The van der Waals surface area contributed by atoms with Crippen LogP contribution in [-0.4, -0.2) is 48.1 Å². The molecule has 0 atom stereocenters. The zero-order valence-electron chi connectivity index (χ0n) is 18.5. The van der Waals surface area contributed by atoms with Gasteiger partial charge in [-0.3, -0.25) is 14.7 Å². The Morgan fingerprint density at radius 2 is 1.70 bits per heavy atom. The first-order valence-electron chi connectivity index (χ1n) is 10.0. The molecule has 0 radical (unpaired) electrons. The van der Waals surface area contributed by atoms with Crippen LogP contribution in [0.1, 0.15) is 47.0 Å². The van der Waals surface area contributed by atoms with Gasteiger partial charge in [-0.05, 0) is 53.0 Å². The lowest BCUT2D eigenvalue weighted by atomic mass is 9.81. The smallest absolute Gasteiger partial charge is 0.222 e. The molecule has 1 saturated heterocycles. The van der Waals surface area contributed by atoms with E-state index in [1.165, 1.54) is 19.3 Å². The summed E-state index contributed by atoms with van der Waals surface area (Å²) in [7, 11) is 4.01. The number of anilines is 1. The number of nitrogens with zero attached hydrogens (tertiary/aromatic N) is 7. The second kappa shape index (κ2) is 8.24. The summed E-state index contributed by atoms with van der Waals surface area (Å²) in [4.78, 5) is 4.62. The monoisotopic (exact) mass is 447 g/mol. The molecule has 4 heterocycles. The van der Waals surface area contributed by atoms with Gasteiger partial charge >= 0.3 is 0 Å². The van der Waals surface area contributed by atoms with Gasteiger partial charge in [0.05, 0.1) is 6.20 Å². The summed E-state index contributed by atoms with van der Waals surface area (Å²) in [6, 6.07) is 4.06. The average molecular weight is 448 g/mol. The van der Waals surface area contributed by atoms with Crippen LogP contribution in [0.3, 0.4) is 0 Å². The van der Waals surface area contributed by atoms with Crippen LogP contribution in [0.15, 0.2) is 30.7 Å². The Hall–Kier alpha value is -2.03. The molecular weight excluding hydrogens is 418 g/mol. The van der Waals surface area contributed by atoms with Crippen molar-refractivity contribution >= 4 is 28.9 Å². The SMILES string of the molecule is CN(c1nnc(-c2ccc(-c3cnn(C)c3)cn2)s1)N1C(C)(C)CCCC1(C)C.Cl. The molecule has 30 heavy (non-hydrogen) atoms. The first-order valence-corrected chi connectivity index (χ1v) is 10.8. The van der Waals surface area contributed by atoms with Crippen molar-refractivity contribution in [1.82, 2.24) is 30.0 Å². The highest BCUT2D eigenvalue weighted by Gasteiger charge is 2.44. The van der Waals surface area contributed by atoms with E-state index in [0.29, 0.717) is 0 Å². The average Bonchev–Trinajstić information content (AvgIpc) is 3.29. The number of aryl methyl sites for hydroxylation is 1. The largest absolute Gasteiger partial charge is 0.282 e. The number of rotatable bonds is 4. The van der Waals surface area contributed by atoms with Crippen molar-refractivity contribution < 1.29 is 0 Å². The third-order valence-electron chi connectivity index (χ3n) is 5.74. The van der Waals surface area contributed by atoms with Crippen molar-refractivity contribution in [1.29, 1.82) is 0 Å². The second-order valence-corrected chi connectivity index (χ2v) is 9.99. The van der Waals surface area contributed by atoms with Gasteiger partial charge in [-0.1, -0.05) is 17.4 Å². The molecule has 7 nitrogen and oxygen atoms in total. The number of aromatic nitrogens is 5. The molecule has 3 aromatic rings. The van der Waals surface area contributed by atoms with E-state index < -0.39 is 0 Å². The Bertz CT molecular complexity index is 977. The Morgan fingerprint density at radius 3 is 2.27 bits per heavy atom. The second-order valence-electron chi connectivity index (χ2n) is 9.04. The van der Waals surface area contributed by atoms with Crippen molar-refractivity contribution in [2.45, 2.75) is 58.0 Å². The minimum atomic E-state index is 0. The highest BCUT2D eigenvalue weighted by molar-refractivity contribution is 7.18. The molecule has 0 spiro atoms. The summed E-state index contributed by atoms with van der Waals surface area (Å²) in [6.07, 6.45) is 9.29. The number of pyridine rings is 1. The number of hydrazine groups is 1. The van der Waals surface area contributed by atoms with Crippen LogP contribution in [0.4, 0.5) is 5.13 Å². The van der Waals surface area contributed by atoms with Crippen LogP contribution in [0.25, 0.3) is 21.8 Å². The van der Waals surface area contributed by atoms with Crippen molar-refractivity contribution in [3.63, 3.8) is 0 Å². The summed E-state index contributed by atoms with van der Waals surface area (Å²) in [5.41, 5.74) is 3.09. The summed E-state index contributed by atoms with van der Waals surface area (Å²) >= 11 is 1.58. The first-order chi connectivity index (χ1) is 13.7. The molecule has 0 bridgehead atoms. The molecule has 0 saturated carbocycles. The molecule has 162 valence electrons. The Kier molecular flexibility index (Phi) is 6.23. The molecule has 0 amide bonds. The lowest BCUT2D eigenvalue weighted by Crippen LogP contribution is -2.64. The van der Waals surface area contributed by atoms with Crippen LogP contribution < -0.4 is 5.01 Å². The Labute approximate surface area is 188 Å². The van der Waals surface area contributed by atoms with E-state index in [4.69, 9.17) is 0 Å². The number of hydrogen-bond acceptors (Lipinski definition) is 7. The van der Waals surface area contributed by atoms with Crippen LogP contribution >= 0.6 is 23.7 Å². The number of halogens is 1. The fraction of sp³-hybridized carbons (Fsp3) is 0.524. The summed E-state index contributed by atoms with van der Waals surface area (Å²) in [5.74, 6) is 0. The Balaban J connectivity index is 0.00000256. The van der Waals surface area contributed by atoms with Crippen LogP contribution in [-0.2, 0) is 7.05 Å². The fourth-order valence-electron chi connectivity index (χ4n) is 4.59. The zero-order chi connectivity index (χ0) is 20.8. The summed E-state index contributed by atoms with van der Waals surface area (Å²) < 4.78 is 1.79. The maximum absolute atomic E-state index is 4.62. The third kappa shape index (κ3) is 4.22. The minimum absolute atomic E-state index is 0.